The minimum absolute atomic E-state index is 0.0144. The summed E-state index contributed by atoms with van der Waals surface area (Å²) in [7, 11) is 0. The summed E-state index contributed by atoms with van der Waals surface area (Å²) >= 11 is 5.80. The molecular formula is C17H14ClF3N4O. The molecule has 9 heteroatoms. The number of aryl methyl sites for hydroxylation is 1. The lowest BCUT2D eigenvalue weighted by Crippen LogP contribution is -2.11. The Bertz CT molecular complexity index is 907. The molecule has 26 heavy (non-hydrogen) atoms. The van der Waals surface area contributed by atoms with Gasteiger partial charge in [-0.25, -0.2) is 4.98 Å². The van der Waals surface area contributed by atoms with Crippen LogP contribution in [-0.4, -0.2) is 17.0 Å². The fraction of sp³-hybridized carbons (Fsp3) is 0.118. The molecule has 0 saturated carbocycles. The average molecular weight is 383 g/mol. The normalized spacial score (nSPS) is 12.6. The maximum absolute atomic E-state index is 13.0. The molecule has 2 aromatic rings. The Morgan fingerprint density at radius 3 is 2.62 bits per heavy atom. The maximum atomic E-state index is 13.0. The number of carbonyl (C=O) groups is 1. The minimum atomic E-state index is -4.50. The van der Waals surface area contributed by atoms with Crippen LogP contribution < -0.4 is 11.5 Å². The molecule has 136 valence electrons. The van der Waals surface area contributed by atoms with E-state index in [-0.39, 0.29) is 33.2 Å². The molecule has 0 amide bonds. The second-order valence-electron chi connectivity index (χ2n) is 5.29. The highest BCUT2D eigenvalue weighted by atomic mass is 35.5. The highest BCUT2D eigenvalue weighted by Gasteiger charge is 2.32. The third-order valence-electron chi connectivity index (χ3n) is 3.45. The molecular weight excluding hydrogens is 369 g/mol. The van der Waals surface area contributed by atoms with Crippen molar-refractivity contribution < 1.29 is 18.0 Å². The molecule has 0 atom stereocenters. The van der Waals surface area contributed by atoms with E-state index in [0.717, 1.165) is 18.5 Å². The Kier molecular flexibility index (Phi) is 5.66. The fourth-order valence-corrected chi connectivity index (χ4v) is 2.26. The van der Waals surface area contributed by atoms with Gasteiger partial charge in [-0.05, 0) is 30.7 Å². The van der Waals surface area contributed by atoms with Crippen LogP contribution in [0.3, 0.4) is 0 Å². The second kappa shape index (κ2) is 7.57. The van der Waals surface area contributed by atoms with Crippen LogP contribution in [-0.2, 0) is 6.18 Å². The van der Waals surface area contributed by atoms with E-state index in [4.69, 9.17) is 23.1 Å². The molecule has 5 nitrogen and oxygen atoms in total. The third kappa shape index (κ3) is 4.40. The first-order chi connectivity index (χ1) is 12.1. The van der Waals surface area contributed by atoms with Gasteiger partial charge in [0.1, 0.15) is 5.82 Å². The van der Waals surface area contributed by atoms with E-state index in [2.05, 4.69) is 9.98 Å². The number of rotatable bonds is 4. The predicted octanol–water partition coefficient (Wildman–Crippen LogP) is 4.07. The van der Waals surface area contributed by atoms with Crippen LogP contribution in [0.2, 0.25) is 5.02 Å². The molecule has 0 radical (unpaired) electrons. The first-order valence-corrected chi connectivity index (χ1v) is 7.61. The number of pyridine rings is 1. The van der Waals surface area contributed by atoms with Crippen molar-refractivity contribution in [1.82, 2.24) is 4.98 Å². The zero-order valence-corrected chi connectivity index (χ0v) is 14.3. The summed E-state index contributed by atoms with van der Waals surface area (Å²) in [6.45, 7) is 1.35. The molecule has 1 aromatic heterocycles. The molecule has 0 aliphatic carbocycles. The number of nitrogens with zero attached hydrogens (tertiary/aromatic N) is 2. The zero-order valence-electron chi connectivity index (χ0n) is 13.5. The van der Waals surface area contributed by atoms with E-state index < -0.39 is 17.5 Å². The number of hydrogen-bond acceptors (Lipinski definition) is 5. The largest absolute Gasteiger partial charge is 0.416 e. The number of nitrogen functional groups attached to an aromatic ring is 1. The topological polar surface area (TPSA) is 94.4 Å². The highest BCUT2D eigenvalue weighted by molar-refractivity contribution is 6.31. The van der Waals surface area contributed by atoms with Gasteiger partial charge in [0.05, 0.1) is 27.4 Å². The Labute approximate surface area is 152 Å². The monoisotopic (exact) mass is 382 g/mol. The molecule has 0 bridgehead atoms. The molecule has 0 aliphatic rings. The number of anilines is 1. The van der Waals surface area contributed by atoms with Crippen LogP contribution in [0.1, 0.15) is 21.5 Å². The Hall–Kier alpha value is -2.87. The highest BCUT2D eigenvalue weighted by Crippen LogP contribution is 2.34. The smallest absolute Gasteiger partial charge is 0.404 e. The maximum Gasteiger partial charge on any atom is 0.416 e. The first-order valence-electron chi connectivity index (χ1n) is 7.23. The fourth-order valence-electron chi connectivity index (χ4n) is 2.10. The lowest BCUT2D eigenvalue weighted by atomic mass is 10.1. The number of hydrogen-bond donors (Lipinski definition) is 2. The minimum Gasteiger partial charge on any atom is -0.404 e. The Morgan fingerprint density at radius 2 is 2.00 bits per heavy atom. The van der Waals surface area contributed by atoms with Crippen molar-refractivity contribution >= 4 is 35.1 Å². The Morgan fingerprint density at radius 1 is 1.31 bits per heavy atom. The number of allylic oxidation sites excluding steroid dienone is 1. The summed E-state index contributed by atoms with van der Waals surface area (Å²) in [6.07, 6.45) is -1.18. The number of benzene rings is 1. The van der Waals surface area contributed by atoms with Gasteiger partial charge in [0.15, 0.2) is 5.78 Å². The molecule has 4 N–H and O–H groups in total. The van der Waals surface area contributed by atoms with Crippen LogP contribution in [0, 0.1) is 6.92 Å². The first kappa shape index (κ1) is 19.5. The number of Topliss-reactive ketones (excluding diaryl/α,β-unsaturated/α-hetero) is 1. The van der Waals surface area contributed by atoms with Gasteiger partial charge < -0.3 is 11.5 Å². The van der Waals surface area contributed by atoms with E-state index in [0.29, 0.717) is 0 Å². The standard InChI is InChI=1S/C17H14ClF3N4O/c1-9-2-3-12(5-14(9)17(19,20)21)24-7-10(6-22)15(26)13-4-11(18)8-25-16(13)23/h2-8H,22H2,1H3,(H2,23,25)/b10-6+,24-7?. The molecule has 2 rings (SSSR count). The van der Waals surface area contributed by atoms with Crippen LogP contribution in [0.5, 0.6) is 0 Å². The van der Waals surface area contributed by atoms with E-state index in [1.165, 1.54) is 31.3 Å². The number of aromatic nitrogens is 1. The summed E-state index contributed by atoms with van der Waals surface area (Å²) < 4.78 is 38.9. The van der Waals surface area contributed by atoms with Gasteiger partial charge in [-0.15, -0.1) is 0 Å². The van der Waals surface area contributed by atoms with Crippen molar-refractivity contribution in [2.75, 3.05) is 5.73 Å². The summed E-state index contributed by atoms with van der Waals surface area (Å²) in [5, 5.41) is 0.198. The van der Waals surface area contributed by atoms with Crippen molar-refractivity contribution in [3.63, 3.8) is 0 Å². The van der Waals surface area contributed by atoms with E-state index >= 15 is 0 Å². The van der Waals surface area contributed by atoms with E-state index in [9.17, 15) is 18.0 Å². The van der Waals surface area contributed by atoms with Gasteiger partial charge in [-0.2, -0.15) is 13.2 Å². The van der Waals surface area contributed by atoms with Crippen LogP contribution in [0.15, 0.2) is 47.2 Å². The van der Waals surface area contributed by atoms with Gasteiger partial charge in [0, 0.05) is 18.6 Å². The molecule has 0 fully saturated rings. The Balaban J connectivity index is 2.34. The predicted molar refractivity (Wildman–Crippen MR) is 94.6 cm³/mol. The number of aliphatic imine (C=N–C) groups is 1. The zero-order chi connectivity index (χ0) is 19.5. The molecule has 1 aromatic carbocycles. The van der Waals surface area contributed by atoms with E-state index in [1.807, 2.05) is 0 Å². The van der Waals surface area contributed by atoms with Crippen LogP contribution in [0.4, 0.5) is 24.7 Å². The number of halogens is 4. The second-order valence-corrected chi connectivity index (χ2v) is 5.73. The molecule has 1 heterocycles. The SMILES string of the molecule is Cc1ccc(N=C/C(=C\N)C(=O)c2cc(Cl)cnc2N)cc1C(F)(F)F. The number of nitrogens with two attached hydrogens (primary N) is 2. The molecule has 0 unspecified atom stereocenters. The lowest BCUT2D eigenvalue weighted by Gasteiger charge is -2.10. The van der Waals surface area contributed by atoms with Gasteiger partial charge in [0.25, 0.3) is 0 Å². The number of alkyl halides is 3. The van der Waals surface area contributed by atoms with Crippen LogP contribution in [0.25, 0.3) is 0 Å². The number of ketones is 1. The van der Waals surface area contributed by atoms with Crippen molar-refractivity contribution in [2.24, 2.45) is 10.7 Å². The van der Waals surface area contributed by atoms with Crippen molar-refractivity contribution in [2.45, 2.75) is 13.1 Å². The van der Waals surface area contributed by atoms with Gasteiger partial charge in [0.2, 0.25) is 0 Å². The van der Waals surface area contributed by atoms with Gasteiger partial charge in [-0.1, -0.05) is 17.7 Å². The molecule has 0 spiro atoms. The van der Waals surface area contributed by atoms with Gasteiger partial charge >= 0.3 is 6.18 Å². The number of carbonyl (C=O) groups excluding carboxylic acids is 1. The molecule has 0 saturated heterocycles. The van der Waals surface area contributed by atoms with Crippen molar-refractivity contribution in [3.8, 4) is 0 Å². The average Bonchev–Trinajstić information content (AvgIpc) is 2.57. The van der Waals surface area contributed by atoms with E-state index in [1.54, 1.807) is 0 Å². The van der Waals surface area contributed by atoms with Gasteiger partial charge in [-0.3, -0.25) is 9.79 Å². The van der Waals surface area contributed by atoms with Crippen molar-refractivity contribution in [3.05, 3.63) is 63.9 Å². The van der Waals surface area contributed by atoms with Crippen molar-refractivity contribution in [1.29, 1.82) is 0 Å². The summed E-state index contributed by atoms with van der Waals surface area (Å²) in [5.41, 5.74) is 10.3. The molecule has 0 aliphatic heterocycles. The summed E-state index contributed by atoms with van der Waals surface area (Å²) in [4.78, 5) is 20.1. The quantitative estimate of drug-likeness (QED) is 0.473. The van der Waals surface area contributed by atoms with Crippen LogP contribution >= 0.6 is 11.6 Å². The lowest BCUT2D eigenvalue weighted by molar-refractivity contribution is -0.138. The third-order valence-corrected chi connectivity index (χ3v) is 3.66. The summed E-state index contributed by atoms with van der Waals surface area (Å²) in [5.74, 6) is -0.659. The summed E-state index contributed by atoms with van der Waals surface area (Å²) in [6, 6.07) is 4.90.